The Labute approximate surface area is 99.1 Å². The van der Waals surface area contributed by atoms with Crippen molar-refractivity contribution in [3.63, 3.8) is 0 Å². The Morgan fingerprint density at radius 3 is 2.69 bits per heavy atom. The zero-order chi connectivity index (χ0) is 11.6. The second kappa shape index (κ2) is 8.34. The van der Waals surface area contributed by atoms with Crippen LogP contribution in [0.2, 0.25) is 0 Å². The quantitative estimate of drug-likeness (QED) is 0.630. The molecule has 0 fully saturated rings. The van der Waals surface area contributed by atoms with E-state index in [9.17, 15) is 0 Å². The summed E-state index contributed by atoms with van der Waals surface area (Å²) in [6.45, 7) is 5.54. The number of imidazole rings is 1. The molecule has 0 amide bonds. The Balaban J connectivity index is 2.11. The normalized spacial score (nSPS) is 12.9. The molecule has 0 saturated carbocycles. The highest BCUT2D eigenvalue weighted by molar-refractivity contribution is 4.94. The van der Waals surface area contributed by atoms with E-state index in [1.807, 2.05) is 12.4 Å². The number of unbranched alkanes of at least 4 members (excludes halogenated alkanes) is 4. The van der Waals surface area contributed by atoms with Crippen molar-refractivity contribution in [3.05, 3.63) is 18.2 Å². The number of nitrogens with one attached hydrogen (secondary N) is 2. The van der Waals surface area contributed by atoms with Gasteiger partial charge in [0.2, 0.25) is 0 Å². The number of aromatic nitrogens is 2. The maximum atomic E-state index is 4.30. The lowest BCUT2D eigenvalue weighted by Gasteiger charge is -2.14. The topological polar surface area (TPSA) is 40.7 Å². The number of hydrogen-bond donors (Lipinski definition) is 2. The second-order valence-electron chi connectivity index (χ2n) is 4.30. The minimum absolute atomic E-state index is 0.390. The zero-order valence-electron chi connectivity index (χ0n) is 10.6. The van der Waals surface area contributed by atoms with Crippen LogP contribution in [0.5, 0.6) is 0 Å². The van der Waals surface area contributed by atoms with Gasteiger partial charge < -0.3 is 10.3 Å². The molecule has 0 spiro atoms. The predicted octanol–water partition coefficient (Wildman–Crippen LogP) is 3.42. The third-order valence-corrected chi connectivity index (χ3v) is 2.93. The SMILES string of the molecule is CCCCCCCNC(CC)c1ncc[nH]1. The van der Waals surface area contributed by atoms with E-state index >= 15 is 0 Å². The first kappa shape index (κ1) is 13.2. The van der Waals surface area contributed by atoms with Crippen LogP contribution < -0.4 is 5.32 Å². The van der Waals surface area contributed by atoms with E-state index in [-0.39, 0.29) is 0 Å². The van der Waals surface area contributed by atoms with E-state index in [0.717, 1.165) is 18.8 Å². The molecule has 0 aliphatic rings. The van der Waals surface area contributed by atoms with Gasteiger partial charge in [0.05, 0.1) is 6.04 Å². The van der Waals surface area contributed by atoms with Gasteiger partial charge in [0, 0.05) is 12.4 Å². The minimum Gasteiger partial charge on any atom is -0.347 e. The summed E-state index contributed by atoms with van der Waals surface area (Å²) in [5, 5.41) is 3.55. The molecule has 0 bridgehead atoms. The molecular formula is C13H25N3. The molecule has 1 unspecified atom stereocenters. The van der Waals surface area contributed by atoms with Crippen molar-refractivity contribution >= 4 is 0 Å². The van der Waals surface area contributed by atoms with Crippen LogP contribution in [0.15, 0.2) is 12.4 Å². The number of hydrogen-bond acceptors (Lipinski definition) is 2. The summed E-state index contributed by atoms with van der Waals surface area (Å²) in [6.07, 6.45) is 11.5. The largest absolute Gasteiger partial charge is 0.347 e. The van der Waals surface area contributed by atoms with Gasteiger partial charge in [-0.25, -0.2) is 4.98 Å². The summed E-state index contributed by atoms with van der Waals surface area (Å²) < 4.78 is 0. The number of nitrogens with zero attached hydrogens (tertiary/aromatic N) is 1. The molecule has 1 aromatic heterocycles. The molecule has 0 aliphatic heterocycles. The average Bonchev–Trinajstić information content (AvgIpc) is 2.82. The zero-order valence-corrected chi connectivity index (χ0v) is 10.6. The molecule has 1 rings (SSSR count). The molecule has 0 radical (unpaired) electrons. The van der Waals surface area contributed by atoms with Crippen LogP contribution in [-0.4, -0.2) is 16.5 Å². The summed E-state index contributed by atoms with van der Waals surface area (Å²) in [5.74, 6) is 1.07. The number of H-pyrrole nitrogens is 1. The molecule has 0 aromatic carbocycles. The second-order valence-corrected chi connectivity index (χ2v) is 4.30. The highest BCUT2D eigenvalue weighted by Crippen LogP contribution is 2.11. The number of rotatable bonds is 9. The van der Waals surface area contributed by atoms with E-state index in [1.54, 1.807) is 0 Å². The molecular weight excluding hydrogens is 198 g/mol. The van der Waals surface area contributed by atoms with Crippen LogP contribution in [-0.2, 0) is 0 Å². The van der Waals surface area contributed by atoms with Crippen molar-refractivity contribution in [3.8, 4) is 0 Å². The van der Waals surface area contributed by atoms with Crippen LogP contribution in [0, 0.1) is 0 Å². The first-order valence-electron chi connectivity index (χ1n) is 6.61. The van der Waals surface area contributed by atoms with E-state index in [4.69, 9.17) is 0 Å². The molecule has 3 heteroatoms. The molecule has 1 aromatic rings. The van der Waals surface area contributed by atoms with Crippen molar-refractivity contribution in [2.45, 2.75) is 58.4 Å². The van der Waals surface area contributed by atoms with Gasteiger partial charge in [0.1, 0.15) is 5.82 Å². The van der Waals surface area contributed by atoms with Crippen molar-refractivity contribution < 1.29 is 0 Å². The highest BCUT2D eigenvalue weighted by atomic mass is 15.0. The van der Waals surface area contributed by atoms with Gasteiger partial charge in [0.25, 0.3) is 0 Å². The van der Waals surface area contributed by atoms with Crippen LogP contribution in [0.25, 0.3) is 0 Å². The molecule has 92 valence electrons. The molecule has 0 saturated heterocycles. The number of aromatic amines is 1. The van der Waals surface area contributed by atoms with Gasteiger partial charge >= 0.3 is 0 Å². The van der Waals surface area contributed by atoms with Gasteiger partial charge in [-0.1, -0.05) is 39.5 Å². The van der Waals surface area contributed by atoms with E-state index in [0.29, 0.717) is 6.04 Å². The lowest BCUT2D eigenvalue weighted by Crippen LogP contribution is -2.22. The maximum absolute atomic E-state index is 4.30. The van der Waals surface area contributed by atoms with Crippen LogP contribution in [0.3, 0.4) is 0 Å². The Hall–Kier alpha value is -0.830. The van der Waals surface area contributed by atoms with Crippen molar-refractivity contribution in [2.24, 2.45) is 0 Å². The van der Waals surface area contributed by atoms with E-state index < -0.39 is 0 Å². The first-order chi connectivity index (χ1) is 7.88. The van der Waals surface area contributed by atoms with E-state index in [2.05, 4.69) is 29.1 Å². The Morgan fingerprint density at radius 1 is 1.25 bits per heavy atom. The summed E-state index contributed by atoms with van der Waals surface area (Å²) >= 11 is 0. The van der Waals surface area contributed by atoms with Gasteiger partial charge in [0.15, 0.2) is 0 Å². The average molecular weight is 223 g/mol. The maximum Gasteiger partial charge on any atom is 0.123 e. The van der Waals surface area contributed by atoms with Crippen molar-refractivity contribution in [1.29, 1.82) is 0 Å². The van der Waals surface area contributed by atoms with Gasteiger partial charge in [-0.05, 0) is 19.4 Å². The van der Waals surface area contributed by atoms with Crippen molar-refractivity contribution in [1.82, 2.24) is 15.3 Å². The molecule has 0 aliphatic carbocycles. The molecule has 16 heavy (non-hydrogen) atoms. The Morgan fingerprint density at radius 2 is 2.06 bits per heavy atom. The Kier molecular flexibility index (Phi) is 6.90. The summed E-state index contributed by atoms with van der Waals surface area (Å²) in [4.78, 5) is 7.47. The fraction of sp³-hybridized carbons (Fsp3) is 0.769. The summed E-state index contributed by atoms with van der Waals surface area (Å²) in [7, 11) is 0. The monoisotopic (exact) mass is 223 g/mol. The van der Waals surface area contributed by atoms with Gasteiger partial charge in [-0.15, -0.1) is 0 Å². The van der Waals surface area contributed by atoms with Gasteiger partial charge in [-0.2, -0.15) is 0 Å². The first-order valence-corrected chi connectivity index (χ1v) is 6.61. The van der Waals surface area contributed by atoms with E-state index in [1.165, 1.54) is 32.1 Å². The molecule has 1 atom stereocenters. The smallest absolute Gasteiger partial charge is 0.123 e. The third kappa shape index (κ3) is 4.79. The fourth-order valence-electron chi connectivity index (χ4n) is 1.91. The fourth-order valence-corrected chi connectivity index (χ4v) is 1.91. The van der Waals surface area contributed by atoms with Crippen molar-refractivity contribution in [2.75, 3.05) is 6.54 Å². The lowest BCUT2D eigenvalue weighted by atomic mass is 10.1. The summed E-state index contributed by atoms with van der Waals surface area (Å²) in [5.41, 5.74) is 0. The predicted molar refractivity (Wildman–Crippen MR) is 68.4 cm³/mol. The standard InChI is InChI=1S/C13H25N3/c1-3-5-6-7-8-9-14-12(4-2)13-15-10-11-16-13/h10-12,14H,3-9H2,1-2H3,(H,15,16). The Bertz CT molecular complexity index is 244. The highest BCUT2D eigenvalue weighted by Gasteiger charge is 2.09. The molecule has 3 nitrogen and oxygen atoms in total. The van der Waals surface area contributed by atoms with Crippen LogP contribution >= 0.6 is 0 Å². The molecule has 2 N–H and O–H groups in total. The molecule has 1 heterocycles. The minimum atomic E-state index is 0.390. The van der Waals surface area contributed by atoms with Crippen LogP contribution in [0.1, 0.15) is 64.2 Å². The van der Waals surface area contributed by atoms with Crippen LogP contribution in [0.4, 0.5) is 0 Å². The lowest BCUT2D eigenvalue weighted by molar-refractivity contribution is 0.479. The van der Waals surface area contributed by atoms with Gasteiger partial charge in [-0.3, -0.25) is 0 Å². The summed E-state index contributed by atoms with van der Waals surface area (Å²) in [6, 6.07) is 0.390. The third-order valence-electron chi connectivity index (χ3n) is 2.93.